The zero-order valence-electron chi connectivity index (χ0n) is 13.3. The van der Waals surface area contributed by atoms with Gasteiger partial charge in [0, 0.05) is 28.8 Å². The number of aromatic nitrogens is 2. The zero-order chi connectivity index (χ0) is 18.3. The summed E-state index contributed by atoms with van der Waals surface area (Å²) in [7, 11) is 0. The average Bonchev–Trinajstić information content (AvgIpc) is 2.93. The number of nitrogens with zero attached hydrogens (tertiary/aromatic N) is 4. The van der Waals surface area contributed by atoms with Crippen molar-refractivity contribution < 1.29 is 13.2 Å². The maximum Gasteiger partial charge on any atom is 0.281 e. The van der Waals surface area contributed by atoms with E-state index in [9.17, 15) is 23.7 Å². The summed E-state index contributed by atoms with van der Waals surface area (Å²) in [4.78, 5) is 3.72. The molecule has 0 spiro atoms. The molecular weight excluding hydrogens is 331 g/mol. The van der Waals surface area contributed by atoms with Gasteiger partial charge >= 0.3 is 0 Å². The fraction of sp³-hybridized carbons (Fsp3) is 0.294. The predicted molar refractivity (Wildman–Crippen MR) is 84.4 cm³/mol. The fourth-order valence-electron chi connectivity index (χ4n) is 3.10. The number of benzene rings is 1. The number of rotatable bonds is 2. The lowest BCUT2D eigenvalue weighted by Gasteiger charge is -2.27. The van der Waals surface area contributed by atoms with Gasteiger partial charge in [-0.2, -0.15) is 15.6 Å². The maximum absolute atomic E-state index is 14.7. The number of aryl methyl sites for hydroxylation is 1. The molecule has 1 aliphatic rings. The van der Waals surface area contributed by atoms with E-state index in [4.69, 9.17) is 0 Å². The second kappa shape index (κ2) is 6.06. The number of nitrogens with one attached hydrogen (secondary N) is 1. The van der Waals surface area contributed by atoms with Crippen LogP contribution in [0.3, 0.4) is 0 Å². The van der Waals surface area contributed by atoms with Crippen LogP contribution in [0.5, 0.6) is 0 Å². The Hall–Kier alpha value is -3.13. The van der Waals surface area contributed by atoms with Crippen LogP contribution >= 0.6 is 0 Å². The summed E-state index contributed by atoms with van der Waals surface area (Å²) < 4.78 is 41.3. The molecule has 0 bridgehead atoms. The van der Waals surface area contributed by atoms with Crippen LogP contribution in [0.2, 0.25) is 0 Å². The molecule has 2 atom stereocenters. The van der Waals surface area contributed by atoms with Gasteiger partial charge in [0.15, 0.2) is 0 Å². The molecule has 1 unspecified atom stereocenters. The second-order valence-corrected chi connectivity index (χ2v) is 5.79. The second-order valence-electron chi connectivity index (χ2n) is 5.79. The molecule has 0 saturated heterocycles. The molecule has 0 aliphatic carbocycles. The van der Waals surface area contributed by atoms with Gasteiger partial charge in [-0.25, -0.2) is 13.2 Å². The van der Waals surface area contributed by atoms with Crippen LogP contribution in [0.1, 0.15) is 24.1 Å². The van der Waals surface area contributed by atoms with Gasteiger partial charge in [-0.1, -0.05) is 0 Å². The van der Waals surface area contributed by atoms with E-state index < -0.39 is 29.8 Å². The van der Waals surface area contributed by atoms with Crippen molar-refractivity contribution in [3.63, 3.8) is 0 Å². The summed E-state index contributed by atoms with van der Waals surface area (Å²) in [5, 5.41) is 26.1. The van der Waals surface area contributed by atoms with Crippen molar-refractivity contribution in [2.24, 2.45) is 10.9 Å². The molecule has 0 radical (unpaired) electrons. The molecule has 8 heteroatoms. The summed E-state index contributed by atoms with van der Waals surface area (Å²) in [5.41, 5.74) is 0.0942. The van der Waals surface area contributed by atoms with E-state index >= 15 is 0 Å². The number of fused-ring (bicyclic) bond motifs is 1. The number of H-pyrrole nitrogens is 1. The van der Waals surface area contributed by atoms with Gasteiger partial charge in [0.2, 0.25) is 0 Å². The number of aliphatic imine (C=N–C) groups is 1. The van der Waals surface area contributed by atoms with Gasteiger partial charge in [0.1, 0.15) is 11.5 Å². The van der Waals surface area contributed by atoms with Crippen molar-refractivity contribution in [1.29, 1.82) is 10.5 Å². The first kappa shape index (κ1) is 16.7. The van der Waals surface area contributed by atoms with Crippen molar-refractivity contribution in [2.45, 2.75) is 26.2 Å². The lowest BCUT2D eigenvalue weighted by molar-refractivity contribution is 0.185. The highest BCUT2D eigenvalue weighted by molar-refractivity contribution is 5.91. The van der Waals surface area contributed by atoms with Gasteiger partial charge < -0.3 is 0 Å². The van der Waals surface area contributed by atoms with E-state index in [0.29, 0.717) is 16.6 Å². The zero-order valence-corrected chi connectivity index (χ0v) is 13.3. The van der Waals surface area contributed by atoms with E-state index in [1.165, 1.54) is 19.1 Å². The third-order valence-electron chi connectivity index (χ3n) is 4.33. The van der Waals surface area contributed by atoms with E-state index in [1.807, 2.05) is 6.07 Å². The highest BCUT2D eigenvalue weighted by Crippen LogP contribution is 2.41. The van der Waals surface area contributed by atoms with Crippen LogP contribution in [-0.4, -0.2) is 22.3 Å². The molecule has 2 aromatic rings. The van der Waals surface area contributed by atoms with Crippen LogP contribution in [0, 0.1) is 41.3 Å². The maximum atomic E-state index is 14.7. The molecule has 1 N–H and O–H groups in total. The smallest absolute Gasteiger partial charge is 0.281 e. The SMILES string of the molecule is CC1=NC(C(F)F)=C(C#N)[C@@H](c2cc3c(C)[nH]nc3cc2F)C1C#N. The van der Waals surface area contributed by atoms with E-state index in [1.54, 1.807) is 13.0 Å². The Bertz CT molecular complexity index is 1000. The molecule has 0 fully saturated rings. The molecule has 25 heavy (non-hydrogen) atoms. The Morgan fingerprint density at radius 2 is 1.96 bits per heavy atom. The van der Waals surface area contributed by atoms with Crippen molar-refractivity contribution >= 4 is 16.6 Å². The predicted octanol–water partition coefficient (Wildman–Crippen LogP) is 3.75. The minimum atomic E-state index is -2.99. The quantitative estimate of drug-likeness (QED) is 0.900. The molecule has 1 aliphatic heterocycles. The number of alkyl halides is 2. The first-order valence-electron chi connectivity index (χ1n) is 7.40. The molecule has 2 heterocycles. The van der Waals surface area contributed by atoms with Crippen LogP contribution < -0.4 is 0 Å². The molecular formula is C17H12F3N5. The van der Waals surface area contributed by atoms with Crippen molar-refractivity contribution in [3.05, 3.63) is 40.5 Å². The Morgan fingerprint density at radius 3 is 2.56 bits per heavy atom. The highest BCUT2D eigenvalue weighted by atomic mass is 19.3. The molecule has 1 aromatic heterocycles. The molecule has 0 amide bonds. The average molecular weight is 343 g/mol. The molecule has 126 valence electrons. The Morgan fingerprint density at radius 1 is 1.24 bits per heavy atom. The molecule has 1 aromatic carbocycles. The minimum absolute atomic E-state index is 0.00694. The molecule has 0 saturated carbocycles. The van der Waals surface area contributed by atoms with Gasteiger partial charge in [-0.15, -0.1) is 0 Å². The summed E-state index contributed by atoms with van der Waals surface area (Å²) in [6, 6.07) is 6.29. The van der Waals surface area contributed by atoms with Crippen LogP contribution in [0.25, 0.3) is 10.9 Å². The monoisotopic (exact) mass is 343 g/mol. The van der Waals surface area contributed by atoms with Crippen molar-refractivity contribution in [3.8, 4) is 12.1 Å². The number of hydrogen-bond acceptors (Lipinski definition) is 4. The van der Waals surface area contributed by atoms with E-state index in [-0.39, 0.29) is 16.8 Å². The lowest BCUT2D eigenvalue weighted by Crippen LogP contribution is -2.27. The van der Waals surface area contributed by atoms with Gasteiger partial charge in [-0.05, 0) is 25.5 Å². The normalized spacial score (nSPS) is 20.6. The summed E-state index contributed by atoms with van der Waals surface area (Å²) in [6.45, 7) is 3.16. The van der Waals surface area contributed by atoms with E-state index in [2.05, 4.69) is 15.2 Å². The van der Waals surface area contributed by atoms with Crippen LogP contribution in [-0.2, 0) is 0 Å². The lowest BCUT2D eigenvalue weighted by atomic mass is 9.76. The van der Waals surface area contributed by atoms with Crippen molar-refractivity contribution in [2.75, 3.05) is 0 Å². The number of hydrogen-bond donors (Lipinski definition) is 1. The van der Waals surface area contributed by atoms with Gasteiger partial charge in [-0.3, -0.25) is 10.1 Å². The van der Waals surface area contributed by atoms with Crippen LogP contribution in [0.15, 0.2) is 28.4 Å². The summed E-state index contributed by atoms with van der Waals surface area (Å²) in [6.07, 6.45) is -2.99. The van der Waals surface area contributed by atoms with E-state index in [0.717, 1.165) is 0 Å². The summed E-state index contributed by atoms with van der Waals surface area (Å²) in [5.74, 6) is -2.85. The third kappa shape index (κ3) is 2.56. The fourth-order valence-corrected chi connectivity index (χ4v) is 3.10. The van der Waals surface area contributed by atoms with Gasteiger partial charge in [0.25, 0.3) is 6.43 Å². The Labute approximate surface area is 141 Å². The Balaban J connectivity index is 2.31. The third-order valence-corrected chi connectivity index (χ3v) is 4.33. The van der Waals surface area contributed by atoms with Crippen LogP contribution in [0.4, 0.5) is 13.2 Å². The van der Waals surface area contributed by atoms with Crippen molar-refractivity contribution in [1.82, 2.24) is 10.2 Å². The first-order valence-corrected chi connectivity index (χ1v) is 7.40. The highest BCUT2D eigenvalue weighted by Gasteiger charge is 2.38. The number of halogens is 3. The number of allylic oxidation sites excluding steroid dienone is 2. The molecule has 3 rings (SSSR count). The largest absolute Gasteiger partial charge is 0.282 e. The standard InChI is InChI=1S/C17H12F3N5/c1-7-11(5-21)15(12(6-22)16(23-7)17(19)20)10-3-9-8(2)24-25-14(9)4-13(10)18/h3-4,11,15,17H,1-2H3,(H,24,25)/t11?,15-/m0/s1. The topological polar surface area (TPSA) is 88.6 Å². The number of aromatic amines is 1. The van der Waals surface area contributed by atoms with Gasteiger partial charge in [0.05, 0.1) is 29.1 Å². The molecule has 5 nitrogen and oxygen atoms in total. The minimum Gasteiger partial charge on any atom is -0.282 e. The number of nitriles is 2. The Kier molecular flexibility index (Phi) is 4.05. The summed E-state index contributed by atoms with van der Waals surface area (Å²) >= 11 is 0. The first-order chi connectivity index (χ1) is 11.9.